The Bertz CT molecular complexity index is 196. The maximum atomic E-state index is 10.6. The molecule has 1 rings (SSSR count). The molecular weight excluding hydrogens is 139 g/mol. The number of aromatic amines is 1. The van der Waals surface area contributed by atoms with Crippen LogP contribution < -0.4 is 0 Å². The van der Waals surface area contributed by atoms with Crippen molar-refractivity contribution in [3.63, 3.8) is 0 Å². The SMILES string of the molecule is O=C(OP)c1ccn[nH]1. The van der Waals surface area contributed by atoms with Crippen LogP contribution in [0.3, 0.4) is 0 Å². The summed E-state index contributed by atoms with van der Waals surface area (Å²) in [5.74, 6) is -0.433. The number of nitrogens with zero attached hydrogens (tertiary/aromatic N) is 1. The van der Waals surface area contributed by atoms with Gasteiger partial charge in [0.25, 0.3) is 0 Å². The molecule has 1 aromatic rings. The van der Waals surface area contributed by atoms with Gasteiger partial charge in [0, 0.05) is 6.20 Å². The van der Waals surface area contributed by atoms with E-state index < -0.39 is 5.97 Å². The van der Waals surface area contributed by atoms with Crippen LogP contribution in [-0.2, 0) is 4.52 Å². The van der Waals surface area contributed by atoms with Gasteiger partial charge in [0.2, 0.25) is 0 Å². The predicted molar refractivity (Wildman–Crippen MR) is 33.7 cm³/mol. The van der Waals surface area contributed by atoms with Gasteiger partial charge in [-0.3, -0.25) is 5.10 Å². The van der Waals surface area contributed by atoms with E-state index in [1.807, 2.05) is 9.47 Å². The summed E-state index contributed by atoms with van der Waals surface area (Å²) in [5.41, 5.74) is 0.352. The van der Waals surface area contributed by atoms with Crippen LogP contribution in [0.5, 0.6) is 0 Å². The predicted octanol–water partition coefficient (Wildman–Crippen LogP) is 0.357. The van der Waals surface area contributed by atoms with Gasteiger partial charge >= 0.3 is 5.97 Å². The Labute approximate surface area is 53.9 Å². The maximum Gasteiger partial charge on any atom is 0.358 e. The van der Waals surface area contributed by atoms with Gasteiger partial charge in [0.15, 0.2) is 0 Å². The Morgan fingerprint density at radius 1 is 1.89 bits per heavy atom. The zero-order valence-corrected chi connectivity index (χ0v) is 5.65. The lowest BCUT2D eigenvalue weighted by Crippen LogP contribution is -1.97. The molecule has 0 saturated carbocycles. The van der Waals surface area contributed by atoms with E-state index >= 15 is 0 Å². The van der Waals surface area contributed by atoms with Gasteiger partial charge in [-0.1, -0.05) is 0 Å². The molecular formula is C4H5N2O2P. The molecule has 0 saturated heterocycles. The van der Waals surface area contributed by atoms with Crippen molar-refractivity contribution in [3.05, 3.63) is 18.0 Å². The van der Waals surface area contributed by atoms with E-state index in [1.165, 1.54) is 12.3 Å². The molecule has 0 aromatic carbocycles. The minimum Gasteiger partial charge on any atom is -0.447 e. The molecule has 1 aromatic heterocycles. The monoisotopic (exact) mass is 144 g/mol. The van der Waals surface area contributed by atoms with Gasteiger partial charge < -0.3 is 4.52 Å². The van der Waals surface area contributed by atoms with Crippen LogP contribution in [0.2, 0.25) is 0 Å². The van der Waals surface area contributed by atoms with Crippen LogP contribution in [0.1, 0.15) is 10.5 Å². The van der Waals surface area contributed by atoms with E-state index in [-0.39, 0.29) is 0 Å². The first-order valence-corrected chi connectivity index (χ1v) is 2.72. The van der Waals surface area contributed by atoms with Gasteiger partial charge in [0.1, 0.15) is 5.69 Å². The lowest BCUT2D eigenvalue weighted by molar-refractivity contribution is 0.0759. The standard InChI is InChI=1S/C4H5N2O2P/c7-4(8-9)3-1-2-5-6-3/h1-2H,9H2,(H,5,6). The van der Waals surface area contributed by atoms with Crippen molar-refractivity contribution < 1.29 is 9.32 Å². The highest BCUT2D eigenvalue weighted by atomic mass is 31.0. The van der Waals surface area contributed by atoms with E-state index in [0.717, 1.165) is 0 Å². The van der Waals surface area contributed by atoms with Crippen molar-refractivity contribution in [2.24, 2.45) is 0 Å². The molecule has 9 heavy (non-hydrogen) atoms. The van der Waals surface area contributed by atoms with Gasteiger partial charge in [-0.15, -0.1) is 0 Å². The molecule has 1 heterocycles. The zero-order chi connectivity index (χ0) is 6.69. The van der Waals surface area contributed by atoms with Crippen molar-refractivity contribution in [1.29, 1.82) is 0 Å². The van der Waals surface area contributed by atoms with Crippen LogP contribution in [0.15, 0.2) is 12.3 Å². The molecule has 0 amide bonds. The molecule has 1 N–H and O–H groups in total. The van der Waals surface area contributed by atoms with E-state index in [2.05, 4.69) is 14.7 Å². The van der Waals surface area contributed by atoms with E-state index in [4.69, 9.17) is 0 Å². The van der Waals surface area contributed by atoms with Gasteiger partial charge in [-0.2, -0.15) is 5.10 Å². The Morgan fingerprint density at radius 3 is 3.11 bits per heavy atom. The van der Waals surface area contributed by atoms with Crippen molar-refractivity contribution in [2.75, 3.05) is 0 Å². The van der Waals surface area contributed by atoms with Crippen molar-refractivity contribution in [3.8, 4) is 0 Å². The summed E-state index contributed by atoms with van der Waals surface area (Å²) in [6.07, 6.45) is 1.48. The lowest BCUT2D eigenvalue weighted by atomic mass is 10.5. The highest BCUT2D eigenvalue weighted by molar-refractivity contribution is 7.10. The first kappa shape index (κ1) is 6.23. The first-order chi connectivity index (χ1) is 4.34. The molecule has 0 radical (unpaired) electrons. The maximum absolute atomic E-state index is 10.6. The molecule has 0 bridgehead atoms. The molecule has 5 heteroatoms. The number of aromatic nitrogens is 2. The molecule has 1 atom stereocenters. The Balaban J connectivity index is 2.77. The number of H-pyrrole nitrogens is 1. The highest BCUT2D eigenvalue weighted by Gasteiger charge is 2.03. The average Bonchev–Trinajstić information content (AvgIpc) is 2.37. The largest absolute Gasteiger partial charge is 0.447 e. The smallest absolute Gasteiger partial charge is 0.358 e. The van der Waals surface area contributed by atoms with Crippen molar-refractivity contribution in [1.82, 2.24) is 10.2 Å². The first-order valence-electron chi connectivity index (χ1n) is 2.25. The number of hydrogen-bond donors (Lipinski definition) is 1. The van der Waals surface area contributed by atoms with Gasteiger partial charge in [0.05, 0.1) is 9.47 Å². The average molecular weight is 144 g/mol. The van der Waals surface area contributed by atoms with Gasteiger partial charge in [-0.25, -0.2) is 4.79 Å². The number of nitrogens with one attached hydrogen (secondary N) is 1. The van der Waals surface area contributed by atoms with Crippen LogP contribution >= 0.6 is 9.47 Å². The van der Waals surface area contributed by atoms with Gasteiger partial charge in [-0.05, 0) is 6.07 Å². The second kappa shape index (κ2) is 2.60. The normalized spacial score (nSPS) is 9.00. The number of carbonyl (C=O) groups excluding carboxylic acids is 1. The second-order valence-electron chi connectivity index (χ2n) is 1.38. The summed E-state index contributed by atoms with van der Waals surface area (Å²) in [6, 6.07) is 1.53. The van der Waals surface area contributed by atoms with Crippen LogP contribution in [0.25, 0.3) is 0 Å². The third-order valence-corrected chi connectivity index (χ3v) is 1.04. The van der Waals surface area contributed by atoms with E-state index in [0.29, 0.717) is 5.69 Å². The van der Waals surface area contributed by atoms with Crippen molar-refractivity contribution in [2.45, 2.75) is 0 Å². The topological polar surface area (TPSA) is 55.0 Å². The molecule has 1 unspecified atom stereocenters. The third-order valence-electron chi connectivity index (χ3n) is 0.828. The Hall–Kier alpha value is -0.890. The molecule has 0 spiro atoms. The van der Waals surface area contributed by atoms with E-state index in [1.54, 1.807) is 0 Å². The molecule has 0 fully saturated rings. The zero-order valence-electron chi connectivity index (χ0n) is 4.50. The van der Waals surface area contributed by atoms with Crippen LogP contribution in [0, 0.1) is 0 Å². The minimum atomic E-state index is -0.433. The molecule has 4 nitrogen and oxygen atoms in total. The van der Waals surface area contributed by atoms with E-state index in [9.17, 15) is 4.79 Å². The quantitative estimate of drug-likeness (QED) is 0.579. The summed E-state index contributed by atoms with van der Waals surface area (Å²) in [5, 5.41) is 6.01. The Morgan fingerprint density at radius 2 is 2.67 bits per heavy atom. The summed E-state index contributed by atoms with van der Waals surface area (Å²) < 4.78 is 4.30. The molecule has 0 aliphatic heterocycles. The second-order valence-corrected chi connectivity index (χ2v) is 1.61. The lowest BCUT2D eigenvalue weighted by Gasteiger charge is -1.89. The fourth-order valence-corrected chi connectivity index (χ4v) is 0.560. The third kappa shape index (κ3) is 1.27. The molecule has 0 aliphatic carbocycles. The fourth-order valence-electron chi connectivity index (χ4n) is 0.433. The summed E-state index contributed by atoms with van der Waals surface area (Å²) >= 11 is 0. The van der Waals surface area contributed by atoms with Crippen molar-refractivity contribution >= 4 is 15.4 Å². The van der Waals surface area contributed by atoms with Crippen LogP contribution in [0.4, 0.5) is 0 Å². The van der Waals surface area contributed by atoms with Crippen LogP contribution in [-0.4, -0.2) is 16.2 Å². The molecule has 0 aliphatic rings. The minimum absolute atomic E-state index is 0.352. The highest BCUT2D eigenvalue weighted by Crippen LogP contribution is 1.97. The number of rotatable bonds is 1. The summed E-state index contributed by atoms with van der Waals surface area (Å²) in [6.45, 7) is 0. The Kier molecular flexibility index (Phi) is 1.80. The number of carbonyl (C=O) groups is 1. The summed E-state index contributed by atoms with van der Waals surface area (Å²) in [7, 11) is 1.86. The fraction of sp³-hybridized carbons (Fsp3) is 0. The summed E-state index contributed by atoms with van der Waals surface area (Å²) in [4.78, 5) is 10.6. The number of hydrogen-bond acceptors (Lipinski definition) is 3. The molecule has 48 valence electrons.